The van der Waals surface area contributed by atoms with Gasteiger partial charge in [-0.3, -0.25) is 4.79 Å². The lowest BCUT2D eigenvalue weighted by molar-refractivity contribution is -0.116. The molecule has 0 unspecified atom stereocenters. The number of carbonyl (C=O) groups is 1. The number of fused-ring (bicyclic) bond motifs is 1. The highest BCUT2D eigenvalue weighted by Crippen LogP contribution is 2.23. The minimum absolute atomic E-state index is 0.203. The number of Topliss-reactive ketones (excluding diaryl/α,β-unsaturated/α-hetero) is 1. The van der Waals surface area contributed by atoms with Crippen LogP contribution in [-0.4, -0.2) is 10.8 Å². The fourth-order valence-electron chi connectivity index (χ4n) is 1.57. The van der Waals surface area contributed by atoms with Gasteiger partial charge in [0, 0.05) is 6.42 Å². The van der Waals surface area contributed by atoms with E-state index in [9.17, 15) is 4.79 Å². The molecule has 0 amide bonds. The third-order valence-corrected chi connectivity index (χ3v) is 3.42. The second kappa shape index (κ2) is 4.11. The summed E-state index contributed by atoms with van der Waals surface area (Å²) in [6.45, 7) is 3.72. The summed E-state index contributed by atoms with van der Waals surface area (Å²) >= 11 is 1.72. The molecule has 0 spiro atoms. The maximum atomic E-state index is 11.0. The molecule has 15 heavy (non-hydrogen) atoms. The molecule has 2 nitrogen and oxygen atoms in total. The van der Waals surface area contributed by atoms with Crippen LogP contribution in [0.2, 0.25) is 0 Å². The summed E-state index contributed by atoms with van der Waals surface area (Å²) < 4.78 is 1.19. The Morgan fingerprint density at radius 1 is 1.47 bits per heavy atom. The molecule has 1 heterocycles. The second-order valence-electron chi connectivity index (χ2n) is 3.64. The van der Waals surface area contributed by atoms with E-state index in [2.05, 4.69) is 18.0 Å². The van der Waals surface area contributed by atoms with Gasteiger partial charge < -0.3 is 0 Å². The average Bonchev–Trinajstić information content (AvgIpc) is 2.58. The third kappa shape index (κ3) is 2.23. The highest BCUT2D eigenvalue weighted by molar-refractivity contribution is 7.18. The Balaban J connectivity index is 2.41. The van der Waals surface area contributed by atoms with Crippen molar-refractivity contribution in [1.29, 1.82) is 0 Å². The highest BCUT2D eigenvalue weighted by atomic mass is 32.1. The van der Waals surface area contributed by atoms with E-state index in [1.807, 2.05) is 12.1 Å². The van der Waals surface area contributed by atoms with Crippen LogP contribution in [0.15, 0.2) is 18.2 Å². The average molecular weight is 219 g/mol. The first-order valence-electron chi connectivity index (χ1n) is 5.07. The topological polar surface area (TPSA) is 30.0 Å². The molecule has 1 aromatic heterocycles. The van der Waals surface area contributed by atoms with Gasteiger partial charge in [-0.2, -0.15) is 0 Å². The van der Waals surface area contributed by atoms with E-state index >= 15 is 0 Å². The number of benzene rings is 1. The Hall–Kier alpha value is -1.22. The van der Waals surface area contributed by atoms with Crippen LogP contribution in [0.25, 0.3) is 10.2 Å². The van der Waals surface area contributed by atoms with Gasteiger partial charge in [-0.05, 0) is 31.0 Å². The predicted molar refractivity (Wildman–Crippen MR) is 63.4 cm³/mol. The van der Waals surface area contributed by atoms with Crippen molar-refractivity contribution in [1.82, 2.24) is 4.98 Å². The molecule has 78 valence electrons. The number of aromatic nitrogens is 1. The lowest BCUT2D eigenvalue weighted by Crippen LogP contribution is -1.95. The SMILES string of the molecule is CCc1nc2ccc(CC(C)=O)cc2s1. The van der Waals surface area contributed by atoms with Crippen LogP contribution in [-0.2, 0) is 17.6 Å². The summed E-state index contributed by atoms with van der Waals surface area (Å²) in [5.41, 5.74) is 2.13. The Kier molecular flexibility index (Phi) is 2.82. The summed E-state index contributed by atoms with van der Waals surface area (Å²) in [5, 5.41) is 1.16. The number of hydrogen-bond acceptors (Lipinski definition) is 3. The van der Waals surface area contributed by atoms with Crippen molar-refractivity contribution in [3.8, 4) is 0 Å². The highest BCUT2D eigenvalue weighted by Gasteiger charge is 2.04. The van der Waals surface area contributed by atoms with Crippen LogP contribution in [0.3, 0.4) is 0 Å². The van der Waals surface area contributed by atoms with Gasteiger partial charge in [0.1, 0.15) is 5.78 Å². The normalized spacial score (nSPS) is 10.8. The van der Waals surface area contributed by atoms with Crippen molar-refractivity contribution in [3.63, 3.8) is 0 Å². The van der Waals surface area contributed by atoms with Crippen LogP contribution in [0.5, 0.6) is 0 Å². The Morgan fingerprint density at radius 3 is 2.93 bits per heavy atom. The summed E-state index contributed by atoms with van der Waals surface area (Å²) in [6, 6.07) is 6.07. The monoisotopic (exact) mass is 219 g/mol. The van der Waals surface area contributed by atoms with Crippen molar-refractivity contribution in [2.75, 3.05) is 0 Å². The number of ketones is 1. The minimum Gasteiger partial charge on any atom is -0.300 e. The molecular formula is C12H13NOS. The standard InChI is InChI=1S/C12H13NOS/c1-3-12-13-10-5-4-9(6-8(2)14)7-11(10)15-12/h4-5,7H,3,6H2,1-2H3. The number of nitrogens with zero attached hydrogens (tertiary/aromatic N) is 1. The number of rotatable bonds is 3. The molecule has 0 bridgehead atoms. The number of aryl methyl sites for hydroxylation is 1. The van der Waals surface area contributed by atoms with Crippen LogP contribution < -0.4 is 0 Å². The zero-order valence-electron chi connectivity index (χ0n) is 8.91. The molecule has 3 heteroatoms. The van der Waals surface area contributed by atoms with E-state index in [-0.39, 0.29) is 5.78 Å². The first kappa shape index (κ1) is 10.3. The molecule has 0 atom stereocenters. The quantitative estimate of drug-likeness (QED) is 0.794. The van der Waals surface area contributed by atoms with E-state index in [1.165, 1.54) is 4.70 Å². The van der Waals surface area contributed by atoms with Crippen LogP contribution in [0, 0.1) is 0 Å². The fourth-order valence-corrected chi connectivity index (χ4v) is 2.54. The molecule has 0 N–H and O–H groups in total. The molecule has 0 aliphatic heterocycles. The van der Waals surface area contributed by atoms with E-state index in [0.717, 1.165) is 22.5 Å². The van der Waals surface area contributed by atoms with Crippen LogP contribution in [0.1, 0.15) is 24.4 Å². The van der Waals surface area contributed by atoms with Gasteiger partial charge in [-0.1, -0.05) is 13.0 Å². The fraction of sp³-hybridized carbons (Fsp3) is 0.333. The van der Waals surface area contributed by atoms with Gasteiger partial charge in [0.05, 0.1) is 15.2 Å². The number of thiazole rings is 1. The summed E-state index contributed by atoms with van der Waals surface area (Å²) in [5.74, 6) is 0.203. The molecule has 2 rings (SSSR count). The number of carbonyl (C=O) groups excluding carboxylic acids is 1. The molecular weight excluding hydrogens is 206 g/mol. The van der Waals surface area contributed by atoms with E-state index in [4.69, 9.17) is 0 Å². The van der Waals surface area contributed by atoms with Gasteiger partial charge in [0.15, 0.2) is 0 Å². The van der Waals surface area contributed by atoms with E-state index < -0.39 is 0 Å². The lowest BCUT2D eigenvalue weighted by Gasteiger charge is -1.96. The first-order valence-corrected chi connectivity index (χ1v) is 5.88. The Morgan fingerprint density at radius 2 is 2.27 bits per heavy atom. The summed E-state index contributed by atoms with van der Waals surface area (Å²) in [7, 11) is 0. The van der Waals surface area contributed by atoms with Gasteiger partial charge in [0.2, 0.25) is 0 Å². The Bertz CT molecular complexity index is 501. The van der Waals surface area contributed by atoms with E-state index in [0.29, 0.717) is 6.42 Å². The van der Waals surface area contributed by atoms with Crippen LogP contribution in [0.4, 0.5) is 0 Å². The largest absolute Gasteiger partial charge is 0.300 e. The second-order valence-corrected chi connectivity index (χ2v) is 4.76. The van der Waals surface area contributed by atoms with Crippen molar-refractivity contribution >= 4 is 27.3 Å². The zero-order chi connectivity index (χ0) is 10.8. The van der Waals surface area contributed by atoms with Crippen molar-refractivity contribution in [2.45, 2.75) is 26.7 Å². The number of hydrogen-bond donors (Lipinski definition) is 0. The van der Waals surface area contributed by atoms with Crippen molar-refractivity contribution in [2.24, 2.45) is 0 Å². The van der Waals surface area contributed by atoms with Crippen molar-refractivity contribution < 1.29 is 4.79 Å². The van der Waals surface area contributed by atoms with Gasteiger partial charge in [-0.15, -0.1) is 11.3 Å². The molecule has 0 saturated carbocycles. The van der Waals surface area contributed by atoms with Gasteiger partial charge >= 0.3 is 0 Å². The predicted octanol–water partition coefficient (Wildman–Crippen LogP) is 2.99. The maximum absolute atomic E-state index is 11.0. The van der Waals surface area contributed by atoms with E-state index in [1.54, 1.807) is 18.3 Å². The van der Waals surface area contributed by atoms with Crippen molar-refractivity contribution in [3.05, 3.63) is 28.8 Å². The molecule has 2 aromatic rings. The zero-order valence-corrected chi connectivity index (χ0v) is 9.73. The Labute approximate surface area is 93.0 Å². The van der Waals surface area contributed by atoms with Gasteiger partial charge in [-0.25, -0.2) is 4.98 Å². The van der Waals surface area contributed by atoms with Gasteiger partial charge in [0.25, 0.3) is 0 Å². The van der Waals surface area contributed by atoms with Crippen LogP contribution >= 0.6 is 11.3 Å². The summed E-state index contributed by atoms with van der Waals surface area (Å²) in [6.07, 6.45) is 1.50. The molecule has 0 fully saturated rings. The molecule has 0 saturated heterocycles. The molecule has 0 aliphatic rings. The minimum atomic E-state index is 0.203. The smallest absolute Gasteiger partial charge is 0.134 e. The lowest BCUT2D eigenvalue weighted by atomic mass is 10.1. The molecule has 1 aromatic carbocycles. The molecule has 0 radical (unpaired) electrons. The maximum Gasteiger partial charge on any atom is 0.134 e. The molecule has 0 aliphatic carbocycles. The first-order chi connectivity index (χ1) is 7.19. The third-order valence-electron chi connectivity index (χ3n) is 2.25. The summed E-state index contributed by atoms with van der Waals surface area (Å²) in [4.78, 5) is 15.5.